The number of fused-ring (bicyclic) bond motifs is 1. The predicted molar refractivity (Wildman–Crippen MR) is 132 cm³/mol. The number of nitrogens with two attached hydrogens (primary N) is 1. The van der Waals surface area contributed by atoms with E-state index in [2.05, 4.69) is 36.2 Å². The summed E-state index contributed by atoms with van der Waals surface area (Å²) in [5, 5.41) is 1.22. The molecule has 0 saturated carbocycles. The zero-order chi connectivity index (χ0) is 22.5. The van der Waals surface area contributed by atoms with Crippen LogP contribution >= 0.6 is 11.8 Å². The summed E-state index contributed by atoms with van der Waals surface area (Å²) in [6, 6.07) is 15.9. The molecule has 6 nitrogen and oxygen atoms in total. The van der Waals surface area contributed by atoms with Crippen LogP contribution in [0.5, 0.6) is 0 Å². The summed E-state index contributed by atoms with van der Waals surface area (Å²) >= 11 is 1.72. The molecular weight excluding hydrogens is 420 g/mol. The van der Waals surface area contributed by atoms with Crippen molar-refractivity contribution in [2.45, 2.75) is 57.3 Å². The first-order chi connectivity index (χ1) is 15.5. The molecule has 0 fully saturated rings. The molecule has 4 rings (SSSR count). The molecule has 3 aromatic rings. The van der Waals surface area contributed by atoms with E-state index in [1.165, 1.54) is 5.56 Å². The predicted octanol–water partition coefficient (Wildman–Crippen LogP) is 5.31. The molecule has 1 aliphatic rings. The van der Waals surface area contributed by atoms with E-state index in [1.807, 2.05) is 23.6 Å². The maximum absolute atomic E-state index is 12.6. The lowest BCUT2D eigenvalue weighted by molar-refractivity contribution is 0.0320. The molecule has 1 aromatic heterocycles. The lowest BCUT2D eigenvalue weighted by Crippen LogP contribution is -2.15. The van der Waals surface area contributed by atoms with E-state index in [-0.39, 0.29) is 12.1 Å². The number of imidazole rings is 1. The quantitative estimate of drug-likeness (QED) is 0.372. The van der Waals surface area contributed by atoms with Crippen LogP contribution in [-0.2, 0) is 11.2 Å². The molecule has 0 saturated heterocycles. The summed E-state index contributed by atoms with van der Waals surface area (Å²) in [4.78, 5) is 21.8. The minimum absolute atomic E-state index is 0.0989. The Morgan fingerprint density at radius 3 is 2.84 bits per heavy atom. The first-order valence-corrected chi connectivity index (χ1v) is 12.2. The van der Waals surface area contributed by atoms with Gasteiger partial charge in [0.2, 0.25) is 5.95 Å². The number of esters is 1. The van der Waals surface area contributed by atoms with Gasteiger partial charge in [-0.2, -0.15) is 0 Å². The number of aromatic nitrogens is 2. The van der Waals surface area contributed by atoms with Crippen LogP contribution in [0.2, 0.25) is 0 Å². The fourth-order valence-electron chi connectivity index (χ4n) is 3.93. The zero-order valence-electron chi connectivity index (χ0n) is 18.7. The molecule has 0 aliphatic carbocycles. The topological polar surface area (TPSA) is 82.5 Å². The fraction of sp³-hybridized carbons (Fsp3) is 0.400. The van der Waals surface area contributed by atoms with Crippen LogP contribution in [0, 0.1) is 0 Å². The second-order valence-corrected chi connectivity index (χ2v) is 9.54. The Kier molecular flexibility index (Phi) is 7.15. The van der Waals surface area contributed by atoms with Gasteiger partial charge in [-0.05, 0) is 49.9 Å². The number of rotatable bonds is 8. The van der Waals surface area contributed by atoms with Crippen molar-refractivity contribution in [1.82, 2.24) is 9.55 Å². The molecule has 2 heterocycles. The molecule has 1 aliphatic heterocycles. The molecule has 168 valence electrons. The van der Waals surface area contributed by atoms with Crippen molar-refractivity contribution in [2.75, 3.05) is 12.3 Å². The molecule has 2 aromatic carbocycles. The zero-order valence-corrected chi connectivity index (χ0v) is 19.5. The van der Waals surface area contributed by atoms with Crippen molar-refractivity contribution < 1.29 is 9.53 Å². The second-order valence-electron chi connectivity index (χ2n) is 8.27. The Bertz CT molecular complexity index is 1110. The van der Waals surface area contributed by atoms with Crippen molar-refractivity contribution in [3.05, 3.63) is 59.7 Å². The van der Waals surface area contributed by atoms with Gasteiger partial charge in [-0.1, -0.05) is 61.9 Å². The van der Waals surface area contributed by atoms with Gasteiger partial charge >= 0.3 is 5.97 Å². The number of aliphatic imine (C=N–C) groups is 1. The van der Waals surface area contributed by atoms with E-state index in [4.69, 9.17) is 15.5 Å². The van der Waals surface area contributed by atoms with Gasteiger partial charge in [-0.15, -0.1) is 0 Å². The summed E-state index contributed by atoms with van der Waals surface area (Å²) in [5.41, 5.74) is 9.56. The summed E-state index contributed by atoms with van der Waals surface area (Å²) < 4.78 is 7.49. The number of anilines is 1. The number of hydrogen-bond acceptors (Lipinski definition) is 6. The maximum Gasteiger partial charge on any atom is 0.338 e. The average molecular weight is 451 g/mol. The molecule has 0 bridgehead atoms. The van der Waals surface area contributed by atoms with Crippen LogP contribution in [0.25, 0.3) is 11.0 Å². The first kappa shape index (κ1) is 22.4. The highest BCUT2D eigenvalue weighted by Gasteiger charge is 2.25. The number of nitrogen functional groups attached to an aromatic ring is 1. The highest BCUT2D eigenvalue weighted by atomic mass is 32.2. The van der Waals surface area contributed by atoms with Crippen LogP contribution in [0.15, 0.2) is 53.5 Å². The third-order valence-corrected chi connectivity index (χ3v) is 6.81. The summed E-state index contributed by atoms with van der Waals surface area (Å²) in [5.74, 6) is 0.0598. The van der Waals surface area contributed by atoms with Gasteiger partial charge in [0.15, 0.2) is 5.17 Å². The molecule has 32 heavy (non-hydrogen) atoms. The number of carbonyl (C=O) groups is 1. The number of unbranched alkanes of at least 4 members (excludes halogenated alkanes) is 2. The lowest BCUT2D eigenvalue weighted by Gasteiger charge is -2.13. The molecule has 0 spiro atoms. The van der Waals surface area contributed by atoms with Crippen molar-refractivity contribution in [2.24, 2.45) is 4.99 Å². The van der Waals surface area contributed by atoms with E-state index in [1.54, 1.807) is 23.9 Å². The van der Waals surface area contributed by atoms with Crippen LogP contribution in [0.3, 0.4) is 0 Å². The van der Waals surface area contributed by atoms with Crippen LogP contribution in [-0.4, -0.2) is 38.6 Å². The van der Waals surface area contributed by atoms with Gasteiger partial charge in [-0.3, -0.25) is 9.56 Å². The van der Waals surface area contributed by atoms with E-state index in [0.29, 0.717) is 22.3 Å². The number of nitrogens with zero attached hydrogens (tertiary/aromatic N) is 3. The van der Waals surface area contributed by atoms with Gasteiger partial charge < -0.3 is 10.5 Å². The lowest BCUT2D eigenvalue weighted by atomic mass is 10.1. The number of thioether (sulfide) groups is 1. The van der Waals surface area contributed by atoms with E-state index in [0.717, 1.165) is 49.3 Å². The standard InChI is InChI=1S/C25H30N4O2S/c1-3-4-6-9-17(2)31-23(30)19-12-13-22-21(15-19)28-24(26)29(22)25-27-16-20(32-25)14-18-10-7-5-8-11-18/h5,7-8,10-13,15,17,20H,3-4,6,9,14,16H2,1-2H3,(H2,26,28). The largest absolute Gasteiger partial charge is 0.459 e. The van der Waals surface area contributed by atoms with Gasteiger partial charge in [0.1, 0.15) is 0 Å². The minimum atomic E-state index is -0.320. The van der Waals surface area contributed by atoms with Gasteiger partial charge in [0, 0.05) is 5.25 Å². The van der Waals surface area contributed by atoms with Gasteiger partial charge in [0.05, 0.1) is 29.2 Å². The Morgan fingerprint density at radius 2 is 2.06 bits per heavy atom. The molecule has 0 amide bonds. The number of benzene rings is 2. The molecular formula is C25H30N4O2S. The second kappa shape index (κ2) is 10.2. The highest BCUT2D eigenvalue weighted by Crippen LogP contribution is 2.30. The number of ether oxygens (including phenoxy) is 1. The molecule has 2 atom stereocenters. The number of hydrogen-bond donors (Lipinski definition) is 1. The Hall–Kier alpha value is -2.80. The molecule has 0 radical (unpaired) electrons. The smallest absolute Gasteiger partial charge is 0.338 e. The van der Waals surface area contributed by atoms with Crippen molar-refractivity contribution in [3.8, 4) is 0 Å². The number of carbonyl (C=O) groups excluding carboxylic acids is 1. The first-order valence-electron chi connectivity index (χ1n) is 11.3. The monoisotopic (exact) mass is 450 g/mol. The summed E-state index contributed by atoms with van der Waals surface area (Å²) in [6.45, 7) is 4.85. The fourth-order valence-corrected chi connectivity index (χ4v) is 5.10. The van der Waals surface area contributed by atoms with Gasteiger partial charge in [-0.25, -0.2) is 9.78 Å². The molecule has 2 N–H and O–H groups in total. The third-order valence-electron chi connectivity index (χ3n) is 5.64. The van der Waals surface area contributed by atoms with E-state index < -0.39 is 0 Å². The minimum Gasteiger partial charge on any atom is -0.459 e. The van der Waals surface area contributed by atoms with Gasteiger partial charge in [0.25, 0.3) is 0 Å². The van der Waals surface area contributed by atoms with Crippen molar-refractivity contribution in [3.63, 3.8) is 0 Å². The van der Waals surface area contributed by atoms with Crippen LogP contribution < -0.4 is 5.73 Å². The SMILES string of the molecule is CCCCCC(C)OC(=O)c1ccc2c(c1)nc(N)n2C1=NCC(Cc2ccccc2)S1. The average Bonchev–Trinajstić information content (AvgIpc) is 3.36. The van der Waals surface area contributed by atoms with Crippen LogP contribution in [0.1, 0.15) is 55.5 Å². The third kappa shape index (κ3) is 5.15. The Balaban J connectivity index is 1.45. The maximum atomic E-state index is 12.6. The summed E-state index contributed by atoms with van der Waals surface area (Å²) in [6.07, 6.45) is 5.10. The Morgan fingerprint density at radius 1 is 1.25 bits per heavy atom. The van der Waals surface area contributed by atoms with E-state index >= 15 is 0 Å². The van der Waals surface area contributed by atoms with E-state index in [9.17, 15) is 4.79 Å². The highest BCUT2D eigenvalue weighted by molar-refractivity contribution is 8.14. The Labute approximate surface area is 193 Å². The molecule has 2 unspecified atom stereocenters. The molecule has 7 heteroatoms. The van der Waals surface area contributed by atoms with Crippen molar-refractivity contribution >= 4 is 39.9 Å². The van der Waals surface area contributed by atoms with Crippen molar-refractivity contribution in [1.29, 1.82) is 0 Å². The van der Waals surface area contributed by atoms with Crippen LogP contribution in [0.4, 0.5) is 5.95 Å². The normalized spacial score (nSPS) is 16.8. The summed E-state index contributed by atoms with van der Waals surface area (Å²) in [7, 11) is 0.